The fourth-order valence-electron chi connectivity index (χ4n) is 2.63. The fraction of sp³-hybridized carbons (Fsp3) is 0.227. The summed E-state index contributed by atoms with van der Waals surface area (Å²) < 4.78 is 5.21. The number of hydrogen-bond acceptors (Lipinski definition) is 5. The number of rotatable bonds is 10. The van der Waals surface area contributed by atoms with E-state index in [-0.39, 0.29) is 17.7 Å². The average molecular weight is 429 g/mol. The lowest BCUT2D eigenvalue weighted by molar-refractivity contribution is -0.141. The predicted octanol–water partition coefficient (Wildman–Crippen LogP) is 2.79. The number of benzene rings is 2. The van der Waals surface area contributed by atoms with E-state index in [2.05, 4.69) is 10.6 Å². The molecule has 0 spiro atoms. The molecule has 1 atom stereocenters. The number of carbonyl (C=O) groups excluding carboxylic acids is 2. The van der Waals surface area contributed by atoms with Gasteiger partial charge in [0.1, 0.15) is 17.5 Å². The molecule has 0 heterocycles. The summed E-state index contributed by atoms with van der Waals surface area (Å²) in [5.41, 5.74) is 0.871. The van der Waals surface area contributed by atoms with Crippen LogP contribution in [0.2, 0.25) is 0 Å². The first kappa shape index (κ1) is 23.0. The van der Waals surface area contributed by atoms with Gasteiger partial charge in [0.05, 0.1) is 12.7 Å². The Bertz CT molecular complexity index is 915. The van der Waals surface area contributed by atoms with Gasteiger partial charge in [-0.05, 0) is 42.2 Å². The van der Waals surface area contributed by atoms with E-state index < -0.39 is 23.8 Å². The molecule has 8 heteroatoms. The standard InChI is InChI=1S/C22H24N2O5S/c1-29-19-11-7-6-10-16(19)20(25)24-18(14-15-8-4-3-5-9-15)21(26)23-17(22(27)28)12-13-30-2/h3-11,14,17H,12-13H2,1-2H3,(H,23,26)(H,24,25)(H,27,28)/b18-14+/t17-/m0/s1. The molecule has 0 fully saturated rings. The molecule has 0 aliphatic carbocycles. The number of nitrogens with one attached hydrogen (secondary N) is 2. The third-order valence-electron chi connectivity index (χ3n) is 4.17. The Morgan fingerprint density at radius 2 is 1.77 bits per heavy atom. The summed E-state index contributed by atoms with van der Waals surface area (Å²) in [4.78, 5) is 37.1. The van der Waals surface area contributed by atoms with E-state index >= 15 is 0 Å². The lowest BCUT2D eigenvalue weighted by Gasteiger charge is -2.17. The molecule has 2 rings (SSSR count). The molecule has 158 valence electrons. The minimum atomic E-state index is -1.13. The smallest absolute Gasteiger partial charge is 0.326 e. The molecule has 0 aliphatic rings. The van der Waals surface area contributed by atoms with Crippen molar-refractivity contribution in [3.63, 3.8) is 0 Å². The molecule has 2 aromatic carbocycles. The van der Waals surface area contributed by atoms with Crippen molar-refractivity contribution in [2.45, 2.75) is 12.5 Å². The van der Waals surface area contributed by atoms with Crippen LogP contribution >= 0.6 is 11.8 Å². The van der Waals surface area contributed by atoms with Crippen molar-refractivity contribution >= 4 is 35.6 Å². The average Bonchev–Trinajstić information content (AvgIpc) is 2.76. The van der Waals surface area contributed by atoms with Gasteiger partial charge in [-0.25, -0.2) is 4.79 Å². The van der Waals surface area contributed by atoms with Crippen molar-refractivity contribution in [3.05, 3.63) is 71.4 Å². The lowest BCUT2D eigenvalue weighted by atomic mass is 10.1. The molecule has 0 aromatic heterocycles. The summed E-state index contributed by atoms with van der Waals surface area (Å²) >= 11 is 1.48. The highest BCUT2D eigenvalue weighted by Gasteiger charge is 2.23. The zero-order valence-electron chi connectivity index (χ0n) is 16.8. The Morgan fingerprint density at radius 3 is 2.40 bits per heavy atom. The zero-order valence-corrected chi connectivity index (χ0v) is 17.6. The second-order valence-electron chi connectivity index (χ2n) is 6.27. The molecule has 0 aliphatic heterocycles. The normalized spacial score (nSPS) is 12.0. The molecule has 2 amide bonds. The van der Waals surface area contributed by atoms with Crippen molar-refractivity contribution in [2.24, 2.45) is 0 Å². The van der Waals surface area contributed by atoms with Crippen molar-refractivity contribution in [3.8, 4) is 5.75 Å². The summed E-state index contributed by atoms with van der Waals surface area (Å²) in [6.07, 6.45) is 3.62. The van der Waals surface area contributed by atoms with Crippen LogP contribution in [-0.2, 0) is 9.59 Å². The van der Waals surface area contributed by atoms with E-state index in [9.17, 15) is 19.5 Å². The second kappa shape index (κ2) is 11.7. The minimum absolute atomic E-state index is 0.0625. The van der Waals surface area contributed by atoms with Gasteiger partial charge in [-0.2, -0.15) is 11.8 Å². The summed E-state index contributed by atoms with van der Waals surface area (Å²) in [6.45, 7) is 0. The topological polar surface area (TPSA) is 105 Å². The van der Waals surface area contributed by atoms with Gasteiger partial charge in [0.25, 0.3) is 11.8 Å². The molecule has 0 saturated carbocycles. The van der Waals surface area contributed by atoms with Crippen LogP contribution in [-0.4, -0.2) is 48.1 Å². The highest BCUT2D eigenvalue weighted by Crippen LogP contribution is 2.18. The van der Waals surface area contributed by atoms with Gasteiger partial charge in [0.2, 0.25) is 0 Å². The van der Waals surface area contributed by atoms with E-state index in [0.717, 1.165) is 0 Å². The summed E-state index contributed by atoms with van der Waals surface area (Å²) in [5, 5.41) is 14.5. The maximum atomic E-state index is 12.9. The Morgan fingerprint density at radius 1 is 1.10 bits per heavy atom. The number of thioether (sulfide) groups is 1. The van der Waals surface area contributed by atoms with E-state index in [1.165, 1.54) is 24.9 Å². The summed E-state index contributed by atoms with van der Waals surface area (Å²) in [5.74, 6) is -1.43. The maximum absolute atomic E-state index is 12.9. The first-order chi connectivity index (χ1) is 14.5. The largest absolute Gasteiger partial charge is 0.496 e. The third-order valence-corrected chi connectivity index (χ3v) is 4.81. The number of hydrogen-bond donors (Lipinski definition) is 3. The summed E-state index contributed by atoms with van der Waals surface area (Å²) in [7, 11) is 1.45. The molecule has 0 radical (unpaired) electrons. The number of amides is 2. The SMILES string of the molecule is COc1ccccc1C(=O)N/C(=C/c1ccccc1)C(=O)N[C@@H](CCSC)C(=O)O. The van der Waals surface area contributed by atoms with E-state index in [1.807, 2.05) is 12.3 Å². The molecular weight excluding hydrogens is 404 g/mol. The van der Waals surface area contributed by atoms with Gasteiger partial charge in [-0.3, -0.25) is 9.59 Å². The van der Waals surface area contributed by atoms with Crippen LogP contribution in [0.15, 0.2) is 60.3 Å². The quantitative estimate of drug-likeness (QED) is 0.503. The number of aliphatic carboxylic acids is 1. The predicted molar refractivity (Wildman–Crippen MR) is 117 cm³/mol. The number of carboxylic acid groups (broad SMARTS) is 1. The highest BCUT2D eigenvalue weighted by atomic mass is 32.2. The summed E-state index contributed by atoms with van der Waals surface area (Å²) in [6, 6.07) is 14.5. The van der Waals surface area contributed by atoms with Gasteiger partial charge in [0.15, 0.2) is 0 Å². The van der Waals surface area contributed by atoms with Crippen molar-refractivity contribution in [1.82, 2.24) is 10.6 Å². The molecule has 2 aromatic rings. The Hall–Kier alpha value is -3.26. The lowest BCUT2D eigenvalue weighted by Crippen LogP contribution is -2.44. The zero-order chi connectivity index (χ0) is 21.9. The van der Waals surface area contributed by atoms with Gasteiger partial charge in [-0.1, -0.05) is 42.5 Å². The Balaban J connectivity index is 2.31. The van der Waals surface area contributed by atoms with Crippen LogP contribution in [0, 0.1) is 0 Å². The van der Waals surface area contributed by atoms with Crippen LogP contribution < -0.4 is 15.4 Å². The monoisotopic (exact) mass is 428 g/mol. The molecule has 0 unspecified atom stereocenters. The number of methoxy groups -OCH3 is 1. The number of carboxylic acids is 1. The van der Waals surface area contributed by atoms with Gasteiger partial charge < -0.3 is 20.5 Å². The van der Waals surface area contributed by atoms with E-state index in [0.29, 0.717) is 17.1 Å². The highest BCUT2D eigenvalue weighted by molar-refractivity contribution is 7.98. The molecule has 7 nitrogen and oxygen atoms in total. The van der Waals surface area contributed by atoms with Crippen molar-refractivity contribution in [2.75, 3.05) is 19.1 Å². The Kier molecular flexibility index (Phi) is 8.96. The number of carbonyl (C=O) groups is 3. The molecular formula is C22H24N2O5S. The van der Waals surface area contributed by atoms with Crippen LogP contribution in [0.4, 0.5) is 0 Å². The second-order valence-corrected chi connectivity index (χ2v) is 7.25. The fourth-order valence-corrected chi connectivity index (χ4v) is 3.10. The van der Waals surface area contributed by atoms with E-state index in [4.69, 9.17) is 4.74 Å². The molecule has 30 heavy (non-hydrogen) atoms. The first-order valence-corrected chi connectivity index (χ1v) is 10.6. The van der Waals surface area contributed by atoms with Crippen LogP contribution in [0.5, 0.6) is 5.75 Å². The first-order valence-electron chi connectivity index (χ1n) is 9.20. The minimum Gasteiger partial charge on any atom is -0.496 e. The molecule has 0 saturated heterocycles. The molecule has 3 N–H and O–H groups in total. The van der Waals surface area contributed by atoms with Crippen molar-refractivity contribution < 1.29 is 24.2 Å². The third kappa shape index (κ3) is 6.66. The van der Waals surface area contributed by atoms with Gasteiger partial charge in [-0.15, -0.1) is 0 Å². The number of para-hydroxylation sites is 1. The van der Waals surface area contributed by atoms with Gasteiger partial charge >= 0.3 is 5.97 Å². The Labute approximate surface area is 179 Å². The van der Waals surface area contributed by atoms with Crippen LogP contribution in [0.25, 0.3) is 6.08 Å². The van der Waals surface area contributed by atoms with Gasteiger partial charge in [0, 0.05) is 0 Å². The van der Waals surface area contributed by atoms with Crippen LogP contribution in [0.1, 0.15) is 22.3 Å². The van der Waals surface area contributed by atoms with Crippen LogP contribution in [0.3, 0.4) is 0 Å². The number of ether oxygens (including phenoxy) is 1. The molecule has 0 bridgehead atoms. The maximum Gasteiger partial charge on any atom is 0.326 e. The van der Waals surface area contributed by atoms with E-state index in [1.54, 1.807) is 48.5 Å². The van der Waals surface area contributed by atoms with Crippen molar-refractivity contribution in [1.29, 1.82) is 0 Å².